The predicted octanol–water partition coefficient (Wildman–Crippen LogP) is 0.794. The summed E-state index contributed by atoms with van der Waals surface area (Å²) in [7, 11) is 1.54. The lowest BCUT2D eigenvalue weighted by atomic mass is 10.1. The third kappa shape index (κ3) is 4.49. The lowest BCUT2D eigenvalue weighted by Crippen LogP contribution is -2.35. The van der Waals surface area contributed by atoms with Crippen molar-refractivity contribution in [2.75, 3.05) is 20.3 Å². The first kappa shape index (κ1) is 13.6. The first-order valence-corrected chi connectivity index (χ1v) is 5.22. The smallest absolute Gasteiger partial charge is 0.124 e. The van der Waals surface area contributed by atoms with Gasteiger partial charge in [-0.25, -0.2) is 4.39 Å². The lowest BCUT2D eigenvalue weighted by Gasteiger charge is -2.15. The first-order chi connectivity index (χ1) is 8.19. The molecule has 0 fully saturated rings. The van der Waals surface area contributed by atoms with E-state index in [-0.39, 0.29) is 18.2 Å². The molecule has 0 saturated heterocycles. The zero-order valence-corrected chi connectivity index (χ0v) is 9.61. The molecular formula is C12H15FN2O2. The molecule has 92 valence electrons. The van der Waals surface area contributed by atoms with Crippen molar-refractivity contribution >= 4 is 0 Å². The number of nitrogens with one attached hydrogen (secondary N) is 1. The molecule has 0 radical (unpaired) electrons. The molecule has 0 spiro atoms. The van der Waals surface area contributed by atoms with E-state index in [9.17, 15) is 4.39 Å². The first-order valence-electron chi connectivity index (χ1n) is 5.22. The highest BCUT2D eigenvalue weighted by atomic mass is 19.1. The van der Waals surface area contributed by atoms with E-state index in [1.165, 1.54) is 12.1 Å². The summed E-state index contributed by atoms with van der Waals surface area (Å²) in [6, 6.07) is 5.84. The van der Waals surface area contributed by atoms with Crippen LogP contribution in [0.15, 0.2) is 18.2 Å². The van der Waals surface area contributed by atoms with Gasteiger partial charge in [0.15, 0.2) is 0 Å². The Balaban J connectivity index is 2.62. The Hall–Kier alpha value is -1.48. The molecule has 0 aliphatic rings. The highest BCUT2D eigenvalue weighted by molar-refractivity contribution is 5.33. The van der Waals surface area contributed by atoms with Crippen LogP contribution in [-0.2, 0) is 11.3 Å². The van der Waals surface area contributed by atoms with Crippen molar-refractivity contribution in [3.05, 3.63) is 35.1 Å². The normalized spacial score (nSPS) is 12.1. The van der Waals surface area contributed by atoms with Gasteiger partial charge in [-0.3, -0.25) is 0 Å². The summed E-state index contributed by atoms with van der Waals surface area (Å²) in [5.41, 5.74) is 0.949. The number of hydrogen-bond donors (Lipinski definition) is 2. The number of nitrogens with zero attached hydrogens (tertiary/aromatic N) is 1. The van der Waals surface area contributed by atoms with Gasteiger partial charge in [-0.05, 0) is 23.8 Å². The Kier molecular flexibility index (Phi) is 5.57. The molecule has 4 nitrogen and oxygen atoms in total. The fourth-order valence-corrected chi connectivity index (χ4v) is 1.46. The minimum atomic E-state index is -0.437. The highest BCUT2D eigenvalue weighted by Gasteiger charge is 2.07. The van der Waals surface area contributed by atoms with Crippen LogP contribution in [0.2, 0.25) is 0 Å². The maximum Gasteiger partial charge on any atom is 0.124 e. The molecule has 5 heteroatoms. The molecule has 1 rings (SSSR count). The van der Waals surface area contributed by atoms with Gasteiger partial charge >= 0.3 is 0 Å². The van der Waals surface area contributed by atoms with Crippen LogP contribution in [0, 0.1) is 17.1 Å². The molecular weight excluding hydrogens is 223 g/mol. The molecule has 0 heterocycles. The number of aliphatic hydroxyl groups is 1. The Morgan fingerprint density at radius 2 is 2.29 bits per heavy atom. The maximum atomic E-state index is 13.1. The average Bonchev–Trinajstić information content (AvgIpc) is 2.33. The van der Waals surface area contributed by atoms with E-state index in [0.29, 0.717) is 18.7 Å². The van der Waals surface area contributed by atoms with Crippen molar-refractivity contribution in [3.63, 3.8) is 0 Å². The standard InChI is InChI=1S/C12H15FN2O2/c1-17-8-12(7-16)15-6-10-2-9(5-14)3-11(13)4-10/h2-4,12,15-16H,6-8H2,1H3. The summed E-state index contributed by atoms with van der Waals surface area (Å²) < 4.78 is 18.0. The van der Waals surface area contributed by atoms with Crippen molar-refractivity contribution < 1.29 is 14.2 Å². The number of hydrogen-bond acceptors (Lipinski definition) is 4. The average molecular weight is 238 g/mol. The second-order valence-corrected chi connectivity index (χ2v) is 3.68. The summed E-state index contributed by atoms with van der Waals surface area (Å²) in [5, 5.41) is 20.7. The van der Waals surface area contributed by atoms with Crippen LogP contribution in [0.4, 0.5) is 4.39 Å². The quantitative estimate of drug-likeness (QED) is 0.769. The number of halogens is 1. The minimum absolute atomic E-state index is 0.0612. The largest absolute Gasteiger partial charge is 0.395 e. The number of ether oxygens (including phenoxy) is 1. The van der Waals surface area contributed by atoms with Crippen LogP contribution in [0.3, 0.4) is 0 Å². The molecule has 0 aliphatic heterocycles. The van der Waals surface area contributed by atoms with Gasteiger partial charge in [0.05, 0.1) is 30.9 Å². The predicted molar refractivity (Wildman–Crippen MR) is 60.7 cm³/mol. The van der Waals surface area contributed by atoms with Crippen LogP contribution >= 0.6 is 0 Å². The van der Waals surface area contributed by atoms with Crippen molar-refractivity contribution in [2.45, 2.75) is 12.6 Å². The van der Waals surface area contributed by atoms with Crippen molar-refractivity contribution in [1.82, 2.24) is 5.32 Å². The number of methoxy groups -OCH3 is 1. The Morgan fingerprint density at radius 3 is 2.88 bits per heavy atom. The number of nitriles is 1. The molecule has 1 atom stereocenters. The van der Waals surface area contributed by atoms with Gasteiger partial charge in [0.2, 0.25) is 0 Å². The zero-order valence-electron chi connectivity index (χ0n) is 9.61. The van der Waals surface area contributed by atoms with Crippen LogP contribution in [-0.4, -0.2) is 31.5 Å². The third-order valence-corrected chi connectivity index (χ3v) is 2.27. The molecule has 1 aromatic rings. The van der Waals surface area contributed by atoms with Crippen molar-refractivity contribution in [3.8, 4) is 6.07 Å². The molecule has 0 amide bonds. The van der Waals surface area contributed by atoms with E-state index in [1.54, 1.807) is 13.2 Å². The Bertz CT molecular complexity index is 404. The van der Waals surface area contributed by atoms with Gasteiger partial charge in [0.25, 0.3) is 0 Å². The van der Waals surface area contributed by atoms with Gasteiger partial charge in [0.1, 0.15) is 5.82 Å². The van der Waals surface area contributed by atoms with Gasteiger partial charge < -0.3 is 15.2 Å². The monoisotopic (exact) mass is 238 g/mol. The maximum absolute atomic E-state index is 13.1. The minimum Gasteiger partial charge on any atom is -0.395 e. The molecule has 17 heavy (non-hydrogen) atoms. The summed E-state index contributed by atoms with van der Waals surface area (Å²) in [6.07, 6.45) is 0. The summed E-state index contributed by atoms with van der Waals surface area (Å²) in [6.45, 7) is 0.687. The fraction of sp³-hybridized carbons (Fsp3) is 0.417. The van der Waals surface area contributed by atoms with Crippen molar-refractivity contribution in [1.29, 1.82) is 5.26 Å². The van der Waals surface area contributed by atoms with Gasteiger partial charge in [0, 0.05) is 13.7 Å². The Labute approximate surface area is 99.6 Å². The second-order valence-electron chi connectivity index (χ2n) is 3.68. The van der Waals surface area contributed by atoms with Crippen LogP contribution < -0.4 is 5.32 Å². The molecule has 1 unspecified atom stereocenters. The SMILES string of the molecule is COCC(CO)NCc1cc(F)cc(C#N)c1. The van der Waals surface area contributed by atoms with Crippen molar-refractivity contribution in [2.24, 2.45) is 0 Å². The molecule has 0 aromatic heterocycles. The topological polar surface area (TPSA) is 65.3 Å². The summed E-state index contributed by atoms with van der Waals surface area (Å²) in [5.74, 6) is -0.437. The highest BCUT2D eigenvalue weighted by Crippen LogP contribution is 2.08. The fourth-order valence-electron chi connectivity index (χ4n) is 1.46. The summed E-state index contributed by atoms with van der Waals surface area (Å²) >= 11 is 0. The second kappa shape index (κ2) is 6.97. The van der Waals surface area contributed by atoms with E-state index >= 15 is 0 Å². The molecule has 0 aliphatic carbocycles. The van der Waals surface area contributed by atoms with E-state index in [4.69, 9.17) is 15.1 Å². The number of rotatable bonds is 6. The third-order valence-electron chi connectivity index (χ3n) is 2.27. The number of benzene rings is 1. The van der Waals surface area contributed by atoms with Gasteiger partial charge in [-0.1, -0.05) is 0 Å². The summed E-state index contributed by atoms with van der Waals surface area (Å²) in [4.78, 5) is 0. The van der Waals surface area contributed by atoms with E-state index in [1.807, 2.05) is 6.07 Å². The molecule has 0 saturated carbocycles. The van der Waals surface area contributed by atoms with Crippen LogP contribution in [0.1, 0.15) is 11.1 Å². The number of aliphatic hydroxyl groups excluding tert-OH is 1. The molecule has 1 aromatic carbocycles. The van der Waals surface area contributed by atoms with Gasteiger partial charge in [-0.2, -0.15) is 5.26 Å². The molecule has 0 bridgehead atoms. The van der Waals surface area contributed by atoms with Gasteiger partial charge in [-0.15, -0.1) is 0 Å². The van der Waals surface area contributed by atoms with Crippen LogP contribution in [0.5, 0.6) is 0 Å². The zero-order chi connectivity index (χ0) is 12.7. The Morgan fingerprint density at radius 1 is 1.53 bits per heavy atom. The molecule has 2 N–H and O–H groups in total. The lowest BCUT2D eigenvalue weighted by molar-refractivity contribution is 0.128. The van der Waals surface area contributed by atoms with E-state index in [0.717, 1.165) is 0 Å². The van der Waals surface area contributed by atoms with E-state index in [2.05, 4.69) is 5.32 Å². The van der Waals surface area contributed by atoms with Crippen LogP contribution in [0.25, 0.3) is 0 Å². The van der Waals surface area contributed by atoms with E-state index < -0.39 is 5.82 Å².